The van der Waals surface area contributed by atoms with E-state index >= 15 is 0 Å². The minimum Gasteiger partial charge on any atom is -0.755 e. The van der Waals surface area contributed by atoms with Gasteiger partial charge in [0.25, 0.3) is 5.91 Å². The number of nitrogens with two attached hydrogens (primary N) is 1. The molecule has 0 spiro atoms. The van der Waals surface area contributed by atoms with Crippen molar-refractivity contribution in [3.05, 3.63) is 81.9 Å². The molecule has 1 saturated carbocycles. The van der Waals surface area contributed by atoms with Gasteiger partial charge in [0.05, 0.1) is 28.0 Å². The van der Waals surface area contributed by atoms with Crippen molar-refractivity contribution in [2.75, 3.05) is 10.8 Å². The number of fused-ring (bicyclic) bond motifs is 1. The van der Waals surface area contributed by atoms with Crippen LogP contribution in [0.15, 0.2) is 59.0 Å². The maximum Gasteiger partial charge on any atom is 0.495 e. The predicted octanol–water partition coefficient (Wildman–Crippen LogP) is 6.97. The number of alkyl halides is 3. The van der Waals surface area contributed by atoms with Crippen LogP contribution in [-0.2, 0) is 39.6 Å². The van der Waals surface area contributed by atoms with Crippen LogP contribution >= 0.6 is 11.6 Å². The van der Waals surface area contributed by atoms with Gasteiger partial charge >= 0.3 is 13.3 Å². The average molecular weight is 702 g/mol. The summed E-state index contributed by atoms with van der Waals surface area (Å²) in [4.78, 5) is 12.7. The Bertz CT molecular complexity index is 1890. The van der Waals surface area contributed by atoms with Crippen molar-refractivity contribution >= 4 is 58.0 Å². The summed E-state index contributed by atoms with van der Waals surface area (Å²) in [5.74, 6) is -0.155. The average Bonchev–Trinajstić information content (AvgIpc) is 3.68. The monoisotopic (exact) mass is 701 g/mol. The molecule has 0 bridgehead atoms. The fourth-order valence-electron chi connectivity index (χ4n) is 5.94. The van der Waals surface area contributed by atoms with Crippen LogP contribution in [0.25, 0.3) is 22.3 Å². The number of halogens is 4. The molecular weight excluding hydrogens is 668 g/mol. The van der Waals surface area contributed by atoms with Crippen molar-refractivity contribution in [2.24, 2.45) is 11.7 Å². The fraction of sp³-hybridized carbons (Fsp3) is 0.382. The van der Waals surface area contributed by atoms with Crippen LogP contribution in [0.1, 0.15) is 67.6 Å². The number of rotatable bonds is 10. The molecule has 2 heterocycles. The molecule has 1 amide bonds. The first-order valence-electron chi connectivity index (χ1n) is 15.5. The lowest BCUT2D eigenvalue weighted by molar-refractivity contribution is -0.136. The van der Waals surface area contributed by atoms with Crippen molar-refractivity contribution in [1.29, 1.82) is 0 Å². The fourth-order valence-corrected chi connectivity index (χ4v) is 6.64. The van der Waals surface area contributed by atoms with Crippen LogP contribution in [0.2, 0.25) is 5.02 Å². The Morgan fingerprint density at radius 3 is 2.27 bits per heavy atom. The van der Waals surface area contributed by atoms with Crippen molar-refractivity contribution in [3.63, 3.8) is 0 Å². The smallest absolute Gasteiger partial charge is 0.495 e. The van der Waals surface area contributed by atoms with E-state index in [0.717, 1.165) is 23.2 Å². The van der Waals surface area contributed by atoms with E-state index < -0.39 is 47.2 Å². The maximum atomic E-state index is 14.4. The molecule has 14 heteroatoms. The zero-order chi connectivity index (χ0) is 34.8. The molecular formula is C34H34BClF3N2O6S-. The minimum atomic E-state index is -4.71. The third-order valence-corrected chi connectivity index (χ3v) is 10.4. The Balaban J connectivity index is 1.36. The highest BCUT2D eigenvalue weighted by Crippen LogP contribution is 2.42. The quantitative estimate of drug-likeness (QED) is 0.141. The summed E-state index contributed by atoms with van der Waals surface area (Å²) in [6.07, 6.45) is -2.26. The predicted molar refractivity (Wildman–Crippen MR) is 179 cm³/mol. The molecule has 1 aliphatic carbocycles. The van der Waals surface area contributed by atoms with Crippen molar-refractivity contribution < 1.29 is 40.5 Å². The number of carbonyl (C=O) groups excluding carboxylic acids is 1. The minimum absolute atomic E-state index is 0.0255. The number of hydrogen-bond acceptors (Lipinski definition) is 6. The standard InChI is InChI=1S/C34H35BClF3N2O6S/c1-32(2)33(3,4)47-35(46-32)26-12-7-20(16-25(26)34(37,38)39)13-14-41(48(43)44)27-18-28-24(17-22(27)15-19-5-6-19)29(31(40)42)30(45-28)21-8-10-23(36)11-9-21/h7-12,16-19H,5-6,13-15H2,1-4H3,(H2,40,42)(H,43,44)/p-1. The van der Waals surface area contributed by atoms with Crippen molar-refractivity contribution in [1.82, 2.24) is 0 Å². The first kappa shape index (κ1) is 34.5. The highest BCUT2D eigenvalue weighted by Gasteiger charge is 2.53. The van der Waals surface area contributed by atoms with E-state index in [0.29, 0.717) is 39.6 Å². The number of anilines is 1. The molecule has 1 atom stereocenters. The van der Waals surface area contributed by atoms with Crippen LogP contribution in [-0.4, -0.2) is 39.5 Å². The molecule has 1 unspecified atom stereocenters. The van der Waals surface area contributed by atoms with Gasteiger partial charge in [-0.15, -0.1) is 0 Å². The molecule has 1 aromatic heterocycles. The Kier molecular flexibility index (Phi) is 9.00. The Morgan fingerprint density at radius 2 is 1.71 bits per heavy atom. The van der Waals surface area contributed by atoms with Crippen molar-refractivity contribution in [3.8, 4) is 11.3 Å². The van der Waals surface area contributed by atoms with Crippen LogP contribution in [0, 0.1) is 5.92 Å². The first-order valence-corrected chi connectivity index (χ1v) is 16.9. The second-order valence-corrected chi connectivity index (χ2v) is 14.7. The third-order valence-electron chi connectivity index (χ3n) is 9.43. The molecule has 2 N–H and O–H groups in total. The molecule has 6 rings (SSSR count). The van der Waals surface area contributed by atoms with Gasteiger partial charge in [-0.1, -0.05) is 23.7 Å². The van der Waals surface area contributed by atoms with Crippen LogP contribution in [0.5, 0.6) is 0 Å². The number of nitrogens with zero attached hydrogens (tertiary/aromatic N) is 1. The number of primary amides is 1. The van der Waals surface area contributed by atoms with E-state index in [1.54, 1.807) is 64.1 Å². The molecule has 4 aromatic rings. The summed E-state index contributed by atoms with van der Waals surface area (Å²) in [6, 6.07) is 13.8. The van der Waals surface area contributed by atoms with Gasteiger partial charge in [0.1, 0.15) is 11.3 Å². The van der Waals surface area contributed by atoms with E-state index in [-0.39, 0.29) is 40.9 Å². The van der Waals surface area contributed by atoms with Gasteiger partial charge in [0.15, 0.2) is 0 Å². The van der Waals surface area contributed by atoms with E-state index in [4.69, 9.17) is 31.1 Å². The highest BCUT2D eigenvalue weighted by molar-refractivity contribution is 7.80. The molecule has 3 aromatic carbocycles. The summed E-state index contributed by atoms with van der Waals surface area (Å²) in [5.41, 5.74) is 5.30. The summed E-state index contributed by atoms with van der Waals surface area (Å²) in [7, 11) is -1.22. The van der Waals surface area contributed by atoms with Gasteiger partial charge in [-0.05, 0) is 112 Å². The van der Waals surface area contributed by atoms with Gasteiger partial charge in [-0.25, -0.2) is 0 Å². The Morgan fingerprint density at radius 1 is 1.06 bits per heavy atom. The molecule has 1 saturated heterocycles. The third kappa shape index (κ3) is 6.75. The Hall–Kier alpha value is -3.36. The van der Waals surface area contributed by atoms with E-state index in [2.05, 4.69) is 0 Å². The zero-order valence-electron chi connectivity index (χ0n) is 26.8. The number of hydrogen-bond donors (Lipinski definition) is 1. The van der Waals surface area contributed by atoms with E-state index in [1.165, 1.54) is 12.1 Å². The maximum absolute atomic E-state index is 14.4. The molecule has 8 nitrogen and oxygen atoms in total. The molecule has 1 aliphatic heterocycles. The SMILES string of the molecule is CC1(C)OB(c2ccc(CCN(c3cc4oc(-c5ccc(Cl)cc5)c(C(N)=O)c4cc3CC3CC3)S(=O)[O-])cc2C(F)(F)F)OC1(C)C. The normalized spacial score (nSPS) is 18.0. The summed E-state index contributed by atoms with van der Waals surface area (Å²) < 4.78 is 87.5. The number of carbonyl (C=O) groups is 1. The highest BCUT2D eigenvalue weighted by atomic mass is 35.5. The molecule has 48 heavy (non-hydrogen) atoms. The second-order valence-electron chi connectivity index (χ2n) is 13.4. The zero-order valence-corrected chi connectivity index (χ0v) is 28.4. The van der Waals surface area contributed by atoms with Gasteiger partial charge in [0.2, 0.25) is 0 Å². The van der Waals surface area contributed by atoms with Crippen LogP contribution in [0.4, 0.5) is 18.9 Å². The summed E-state index contributed by atoms with van der Waals surface area (Å²) >= 11 is 3.26. The lowest BCUT2D eigenvalue weighted by Gasteiger charge is -2.32. The van der Waals surface area contributed by atoms with Gasteiger partial charge in [-0.3, -0.25) is 9.00 Å². The Labute approximate surface area is 284 Å². The van der Waals surface area contributed by atoms with E-state index in [1.807, 2.05) is 0 Å². The molecule has 2 fully saturated rings. The van der Waals surface area contributed by atoms with Crippen LogP contribution in [0.3, 0.4) is 0 Å². The largest absolute Gasteiger partial charge is 0.755 e. The molecule has 2 aliphatic rings. The van der Waals surface area contributed by atoms with Gasteiger partial charge < -0.3 is 28.3 Å². The first-order chi connectivity index (χ1) is 22.4. The van der Waals surface area contributed by atoms with Crippen molar-refractivity contribution in [2.45, 2.75) is 70.8 Å². The number of amides is 1. The van der Waals surface area contributed by atoms with Crippen LogP contribution < -0.4 is 15.5 Å². The summed E-state index contributed by atoms with van der Waals surface area (Å²) in [5, 5.41) is 0.930. The number of furan rings is 1. The summed E-state index contributed by atoms with van der Waals surface area (Å²) in [6.45, 7) is 6.89. The lowest BCUT2D eigenvalue weighted by atomic mass is 9.75. The molecule has 254 valence electrons. The topological polar surface area (TPSA) is 118 Å². The van der Waals surface area contributed by atoms with E-state index in [9.17, 15) is 26.7 Å². The second kappa shape index (κ2) is 12.5. The van der Waals surface area contributed by atoms with Gasteiger partial charge in [-0.2, -0.15) is 13.2 Å². The lowest BCUT2D eigenvalue weighted by Crippen LogP contribution is -2.41. The van der Waals surface area contributed by atoms with Gasteiger partial charge in [0, 0.05) is 39.8 Å². The molecule has 0 radical (unpaired) electrons. The number of benzene rings is 3.